The van der Waals surface area contributed by atoms with E-state index in [0.717, 1.165) is 18.4 Å². The van der Waals surface area contributed by atoms with Crippen molar-refractivity contribution >= 4 is 23.2 Å². The molecule has 1 N–H and O–H groups in total. The number of halogens is 1. The molecule has 0 saturated heterocycles. The lowest BCUT2D eigenvalue weighted by Crippen LogP contribution is -2.14. The lowest BCUT2D eigenvalue weighted by atomic mass is 10.2. The van der Waals surface area contributed by atoms with Crippen LogP contribution >= 0.6 is 11.6 Å². The van der Waals surface area contributed by atoms with Crippen molar-refractivity contribution in [2.45, 2.75) is 18.9 Å². The van der Waals surface area contributed by atoms with Crippen molar-refractivity contribution in [2.24, 2.45) is 0 Å². The Morgan fingerprint density at radius 1 is 1.33 bits per heavy atom. The number of amides is 1. The molecule has 1 saturated carbocycles. The van der Waals surface area contributed by atoms with E-state index in [1.165, 1.54) is 12.5 Å². The Balaban J connectivity index is 1.60. The molecule has 0 radical (unpaired) electrons. The van der Waals surface area contributed by atoms with Gasteiger partial charge in [-0.2, -0.15) is 0 Å². The number of hydrogen-bond acceptors (Lipinski definition) is 6. The van der Waals surface area contributed by atoms with E-state index in [2.05, 4.69) is 30.8 Å². The topological polar surface area (TPSA) is 98.5 Å². The molecule has 4 rings (SSSR count). The van der Waals surface area contributed by atoms with Gasteiger partial charge in [0.15, 0.2) is 5.82 Å². The fourth-order valence-electron chi connectivity index (χ4n) is 2.35. The van der Waals surface area contributed by atoms with E-state index in [0.29, 0.717) is 17.6 Å². The highest BCUT2D eigenvalue weighted by molar-refractivity contribution is 6.33. The molecule has 2 aromatic heterocycles. The Kier molecular flexibility index (Phi) is 3.66. The van der Waals surface area contributed by atoms with Crippen LogP contribution in [0.3, 0.4) is 0 Å². The third-order valence-corrected chi connectivity index (χ3v) is 3.92. The highest BCUT2D eigenvalue weighted by atomic mass is 35.5. The summed E-state index contributed by atoms with van der Waals surface area (Å²) in [6, 6.07) is 7.70. The molecule has 0 aliphatic heterocycles. The van der Waals surface area contributed by atoms with E-state index in [4.69, 9.17) is 11.6 Å². The van der Waals surface area contributed by atoms with Crippen LogP contribution in [-0.2, 0) is 0 Å². The van der Waals surface area contributed by atoms with Crippen LogP contribution in [0, 0.1) is 0 Å². The zero-order valence-electron chi connectivity index (χ0n) is 12.4. The molecule has 3 aromatic rings. The summed E-state index contributed by atoms with van der Waals surface area (Å²) >= 11 is 5.94. The largest absolute Gasteiger partial charge is 0.321 e. The Hall–Kier alpha value is -2.87. The average molecular weight is 342 g/mol. The predicted octanol–water partition coefficient (Wildman–Crippen LogP) is 2.37. The molecule has 2 heterocycles. The summed E-state index contributed by atoms with van der Waals surface area (Å²) in [6.45, 7) is 0. The summed E-state index contributed by atoms with van der Waals surface area (Å²) in [6.07, 6.45) is 4.83. The molecule has 0 atom stereocenters. The van der Waals surface area contributed by atoms with Gasteiger partial charge in [-0.05, 0) is 35.4 Å². The minimum absolute atomic E-state index is 0.125. The summed E-state index contributed by atoms with van der Waals surface area (Å²) < 4.78 is 1.82. The number of carbonyl (C=O) groups is 1. The molecule has 0 unspecified atom stereocenters. The maximum atomic E-state index is 12.3. The van der Waals surface area contributed by atoms with Crippen molar-refractivity contribution in [3.63, 3.8) is 0 Å². The van der Waals surface area contributed by atoms with Crippen LogP contribution in [0.5, 0.6) is 0 Å². The number of rotatable bonds is 4. The molecule has 120 valence electrons. The third kappa shape index (κ3) is 2.83. The van der Waals surface area contributed by atoms with Gasteiger partial charge in [-0.1, -0.05) is 23.7 Å². The van der Waals surface area contributed by atoms with Gasteiger partial charge in [-0.25, -0.2) is 14.6 Å². The van der Waals surface area contributed by atoms with Crippen molar-refractivity contribution in [3.05, 3.63) is 47.5 Å². The van der Waals surface area contributed by atoms with Gasteiger partial charge in [-0.3, -0.25) is 4.79 Å². The molecule has 1 fully saturated rings. The molecular weight excluding hydrogens is 330 g/mol. The average Bonchev–Trinajstić information content (AvgIpc) is 3.32. The first kappa shape index (κ1) is 14.7. The van der Waals surface area contributed by atoms with Crippen molar-refractivity contribution in [2.75, 3.05) is 5.32 Å². The number of nitrogens with one attached hydrogen (secondary N) is 1. The number of carbonyl (C=O) groups excluding carboxylic acids is 1. The fraction of sp³-hybridized carbons (Fsp3) is 0.200. The van der Waals surface area contributed by atoms with Crippen LogP contribution in [0.2, 0.25) is 5.02 Å². The number of tetrazole rings is 1. The van der Waals surface area contributed by atoms with Crippen LogP contribution < -0.4 is 5.32 Å². The zero-order chi connectivity index (χ0) is 16.5. The molecule has 1 amide bonds. The standard InChI is InChI=1S/C15H12ClN7O/c16-12-7-17-8-18-13(12)15(24)19-10-3-1-2-9(6-10)14-20-21-22-23(14)11-4-5-11/h1-3,6-8,11H,4-5H2,(H,19,24). The summed E-state index contributed by atoms with van der Waals surface area (Å²) in [5.41, 5.74) is 1.57. The van der Waals surface area contributed by atoms with E-state index in [-0.39, 0.29) is 10.7 Å². The Morgan fingerprint density at radius 3 is 3.00 bits per heavy atom. The first-order chi connectivity index (χ1) is 11.7. The molecule has 0 spiro atoms. The fourth-order valence-corrected chi connectivity index (χ4v) is 2.55. The molecule has 24 heavy (non-hydrogen) atoms. The number of nitrogens with zero attached hydrogens (tertiary/aromatic N) is 6. The van der Waals surface area contributed by atoms with Gasteiger partial charge < -0.3 is 5.32 Å². The van der Waals surface area contributed by atoms with Crippen molar-refractivity contribution in [1.29, 1.82) is 0 Å². The normalized spacial score (nSPS) is 13.7. The first-order valence-electron chi connectivity index (χ1n) is 7.37. The van der Waals surface area contributed by atoms with Crippen molar-refractivity contribution in [1.82, 2.24) is 30.2 Å². The van der Waals surface area contributed by atoms with E-state index >= 15 is 0 Å². The van der Waals surface area contributed by atoms with Gasteiger partial charge in [0.25, 0.3) is 5.91 Å². The van der Waals surface area contributed by atoms with E-state index in [1.54, 1.807) is 6.07 Å². The predicted molar refractivity (Wildman–Crippen MR) is 86.5 cm³/mol. The molecule has 1 aliphatic carbocycles. The van der Waals surface area contributed by atoms with Crippen LogP contribution in [-0.4, -0.2) is 36.1 Å². The smallest absolute Gasteiger partial charge is 0.275 e. The quantitative estimate of drug-likeness (QED) is 0.782. The summed E-state index contributed by atoms with van der Waals surface area (Å²) in [5, 5.41) is 14.8. The van der Waals surface area contributed by atoms with Gasteiger partial charge in [-0.15, -0.1) is 5.10 Å². The number of benzene rings is 1. The Morgan fingerprint density at radius 2 is 2.21 bits per heavy atom. The lowest BCUT2D eigenvalue weighted by molar-refractivity contribution is 0.102. The molecule has 1 aromatic carbocycles. The van der Waals surface area contributed by atoms with Gasteiger partial charge in [0.05, 0.1) is 11.1 Å². The highest BCUT2D eigenvalue weighted by Gasteiger charge is 2.28. The lowest BCUT2D eigenvalue weighted by Gasteiger charge is -2.08. The Bertz CT molecular complexity index is 906. The third-order valence-electron chi connectivity index (χ3n) is 3.65. The SMILES string of the molecule is O=C(Nc1cccc(-c2nnnn2C2CC2)c1)c1ncncc1Cl. The monoisotopic (exact) mass is 341 g/mol. The number of anilines is 1. The molecule has 8 nitrogen and oxygen atoms in total. The second-order valence-electron chi connectivity index (χ2n) is 5.43. The molecule has 1 aliphatic rings. The zero-order valence-corrected chi connectivity index (χ0v) is 13.2. The maximum absolute atomic E-state index is 12.3. The maximum Gasteiger partial charge on any atom is 0.275 e. The molecule has 0 bridgehead atoms. The van der Waals surface area contributed by atoms with Gasteiger partial charge in [0.1, 0.15) is 12.0 Å². The minimum atomic E-state index is -0.402. The van der Waals surface area contributed by atoms with Crippen molar-refractivity contribution in [3.8, 4) is 11.4 Å². The summed E-state index contributed by atoms with van der Waals surface area (Å²) in [5.74, 6) is 0.287. The van der Waals surface area contributed by atoms with Crippen LogP contribution in [0.15, 0.2) is 36.8 Å². The van der Waals surface area contributed by atoms with Crippen LogP contribution in [0.1, 0.15) is 29.4 Å². The first-order valence-corrected chi connectivity index (χ1v) is 7.75. The molecular formula is C15H12ClN7O. The van der Waals surface area contributed by atoms with E-state index in [1.807, 2.05) is 22.9 Å². The number of hydrogen-bond donors (Lipinski definition) is 1. The second kappa shape index (κ2) is 5.97. The van der Waals surface area contributed by atoms with Crippen molar-refractivity contribution < 1.29 is 4.79 Å². The summed E-state index contributed by atoms with van der Waals surface area (Å²) in [4.78, 5) is 20.0. The van der Waals surface area contributed by atoms with Crippen LogP contribution in [0.4, 0.5) is 5.69 Å². The molecule has 9 heteroatoms. The summed E-state index contributed by atoms with van der Waals surface area (Å²) in [7, 11) is 0. The highest BCUT2D eigenvalue weighted by Crippen LogP contribution is 2.36. The van der Waals surface area contributed by atoms with Crippen LogP contribution in [0.25, 0.3) is 11.4 Å². The van der Waals surface area contributed by atoms with E-state index in [9.17, 15) is 4.79 Å². The van der Waals surface area contributed by atoms with E-state index < -0.39 is 5.91 Å². The minimum Gasteiger partial charge on any atom is -0.321 e. The van der Waals surface area contributed by atoms with Gasteiger partial charge >= 0.3 is 0 Å². The second-order valence-corrected chi connectivity index (χ2v) is 5.84. The number of aromatic nitrogens is 6. The Labute approximate surface area is 141 Å². The van der Waals surface area contributed by atoms with Gasteiger partial charge in [0.2, 0.25) is 0 Å². The van der Waals surface area contributed by atoms with Gasteiger partial charge in [0, 0.05) is 17.4 Å².